The second kappa shape index (κ2) is 6.32. The normalized spacial score (nSPS) is 13.0. The SMILES string of the molecule is CC(C)(C)OC(=O)NCC[C@@H](O)CC(=O)O. The number of aliphatic hydroxyl groups excluding tert-OH is 1. The predicted octanol–water partition coefficient (Wildman–Crippen LogP) is 0.737. The van der Waals surface area contributed by atoms with Crippen LogP contribution in [0.3, 0.4) is 0 Å². The van der Waals surface area contributed by atoms with Crippen LogP contribution in [0.4, 0.5) is 4.79 Å². The fraction of sp³-hybridized carbons (Fsp3) is 0.800. The number of carbonyl (C=O) groups is 2. The quantitative estimate of drug-likeness (QED) is 0.650. The van der Waals surface area contributed by atoms with Crippen LogP contribution < -0.4 is 5.32 Å². The second-order valence-electron chi connectivity index (χ2n) is 4.47. The minimum absolute atomic E-state index is 0.184. The van der Waals surface area contributed by atoms with Gasteiger partial charge in [0.15, 0.2) is 0 Å². The lowest BCUT2D eigenvalue weighted by atomic mass is 10.2. The van der Waals surface area contributed by atoms with Crippen molar-refractivity contribution in [1.82, 2.24) is 5.32 Å². The highest BCUT2D eigenvalue weighted by Gasteiger charge is 2.16. The van der Waals surface area contributed by atoms with E-state index in [0.29, 0.717) is 0 Å². The van der Waals surface area contributed by atoms with Crippen molar-refractivity contribution in [1.29, 1.82) is 0 Å². The van der Waals surface area contributed by atoms with E-state index >= 15 is 0 Å². The molecule has 0 aromatic carbocycles. The van der Waals surface area contributed by atoms with Crippen LogP contribution >= 0.6 is 0 Å². The number of carbonyl (C=O) groups excluding carboxylic acids is 1. The summed E-state index contributed by atoms with van der Waals surface area (Å²) in [5, 5.41) is 20.0. The topological polar surface area (TPSA) is 95.9 Å². The fourth-order valence-corrected chi connectivity index (χ4v) is 0.959. The zero-order chi connectivity index (χ0) is 12.8. The largest absolute Gasteiger partial charge is 0.481 e. The monoisotopic (exact) mass is 233 g/mol. The van der Waals surface area contributed by atoms with E-state index in [2.05, 4.69) is 5.32 Å². The molecule has 0 unspecified atom stereocenters. The molecule has 3 N–H and O–H groups in total. The number of hydrogen-bond donors (Lipinski definition) is 3. The Bertz CT molecular complexity index is 246. The summed E-state index contributed by atoms with van der Waals surface area (Å²) in [5.41, 5.74) is -0.566. The van der Waals surface area contributed by atoms with Gasteiger partial charge >= 0.3 is 12.1 Å². The van der Waals surface area contributed by atoms with Gasteiger partial charge in [-0.1, -0.05) is 0 Å². The first-order valence-corrected chi connectivity index (χ1v) is 5.07. The number of carboxylic acid groups (broad SMARTS) is 1. The predicted molar refractivity (Wildman–Crippen MR) is 57.1 cm³/mol. The molecule has 0 saturated carbocycles. The van der Waals surface area contributed by atoms with Crippen molar-refractivity contribution in [2.45, 2.75) is 45.3 Å². The molecule has 1 atom stereocenters. The van der Waals surface area contributed by atoms with Gasteiger partial charge < -0.3 is 20.3 Å². The van der Waals surface area contributed by atoms with Crippen molar-refractivity contribution < 1.29 is 24.5 Å². The van der Waals surface area contributed by atoms with Crippen molar-refractivity contribution in [3.05, 3.63) is 0 Å². The molecule has 0 heterocycles. The molecular formula is C10H19NO5. The minimum Gasteiger partial charge on any atom is -0.481 e. The Kier molecular flexibility index (Phi) is 5.81. The van der Waals surface area contributed by atoms with Gasteiger partial charge in [-0.2, -0.15) is 0 Å². The summed E-state index contributed by atoms with van der Waals surface area (Å²) in [7, 11) is 0. The average Bonchev–Trinajstić information content (AvgIpc) is 1.98. The van der Waals surface area contributed by atoms with E-state index in [1.165, 1.54) is 0 Å². The van der Waals surface area contributed by atoms with Gasteiger partial charge in [-0.05, 0) is 27.2 Å². The summed E-state index contributed by atoms with van der Waals surface area (Å²) in [6.45, 7) is 5.41. The van der Waals surface area contributed by atoms with Crippen LogP contribution in [0.1, 0.15) is 33.6 Å². The molecule has 0 radical (unpaired) electrons. The van der Waals surface area contributed by atoms with Crippen LogP contribution in [0, 0.1) is 0 Å². The molecule has 0 aliphatic rings. The van der Waals surface area contributed by atoms with Gasteiger partial charge in [-0.15, -0.1) is 0 Å². The number of amides is 1. The highest BCUT2D eigenvalue weighted by molar-refractivity contribution is 5.68. The molecule has 16 heavy (non-hydrogen) atoms. The van der Waals surface area contributed by atoms with Crippen LogP contribution in [0.25, 0.3) is 0 Å². The first-order chi connectivity index (χ1) is 7.20. The number of aliphatic hydroxyl groups is 1. The van der Waals surface area contributed by atoms with Gasteiger partial charge in [0.1, 0.15) is 5.60 Å². The van der Waals surface area contributed by atoms with Gasteiger partial charge in [0.05, 0.1) is 12.5 Å². The molecule has 0 aliphatic carbocycles. The molecule has 0 aliphatic heterocycles. The highest BCUT2D eigenvalue weighted by Crippen LogP contribution is 2.06. The van der Waals surface area contributed by atoms with Gasteiger partial charge in [-0.25, -0.2) is 4.79 Å². The summed E-state index contributed by atoms with van der Waals surface area (Å²) in [6, 6.07) is 0. The lowest BCUT2D eigenvalue weighted by molar-refractivity contribution is -0.139. The molecule has 0 saturated heterocycles. The maximum absolute atomic E-state index is 11.1. The van der Waals surface area contributed by atoms with E-state index in [1.807, 2.05) is 0 Å². The first kappa shape index (κ1) is 14.7. The third-order valence-electron chi connectivity index (χ3n) is 1.56. The maximum atomic E-state index is 11.1. The minimum atomic E-state index is -1.07. The lowest BCUT2D eigenvalue weighted by Crippen LogP contribution is -2.34. The highest BCUT2D eigenvalue weighted by atomic mass is 16.6. The molecule has 0 aromatic heterocycles. The number of carboxylic acids is 1. The van der Waals surface area contributed by atoms with Gasteiger partial charge in [-0.3, -0.25) is 4.79 Å². The first-order valence-electron chi connectivity index (χ1n) is 5.07. The third-order valence-corrected chi connectivity index (χ3v) is 1.56. The van der Waals surface area contributed by atoms with Crippen molar-refractivity contribution >= 4 is 12.1 Å². The lowest BCUT2D eigenvalue weighted by Gasteiger charge is -2.19. The third kappa shape index (κ3) is 9.26. The number of rotatable bonds is 5. The van der Waals surface area contributed by atoms with Crippen molar-refractivity contribution in [2.24, 2.45) is 0 Å². The van der Waals surface area contributed by atoms with E-state index in [4.69, 9.17) is 9.84 Å². The van der Waals surface area contributed by atoms with Crippen molar-refractivity contribution in [2.75, 3.05) is 6.54 Å². The Morgan fingerprint density at radius 1 is 1.38 bits per heavy atom. The van der Waals surface area contributed by atoms with Crippen LogP contribution in [-0.2, 0) is 9.53 Å². The average molecular weight is 233 g/mol. The Morgan fingerprint density at radius 2 is 1.94 bits per heavy atom. The molecule has 0 bridgehead atoms. The second-order valence-corrected chi connectivity index (χ2v) is 4.47. The van der Waals surface area contributed by atoms with E-state index in [-0.39, 0.29) is 19.4 Å². The molecule has 6 heteroatoms. The zero-order valence-corrected chi connectivity index (χ0v) is 9.82. The van der Waals surface area contributed by atoms with Gasteiger partial charge in [0.25, 0.3) is 0 Å². The summed E-state index contributed by atoms with van der Waals surface area (Å²) in [6.07, 6.45) is -1.66. The van der Waals surface area contributed by atoms with E-state index in [0.717, 1.165) is 0 Å². The van der Waals surface area contributed by atoms with Crippen molar-refractivity contribution in [3.63, 3.8) is 0 Å². The molecular weight excluding hydrogens is 214 g/mol. The molecule has 0 fully saturated rings. The Balaban J connectivity index is 3.66. The number of alkyl carbamates (subject to hydrolysis) is 1. The van der Waals surface area contributed by atoms with E-state index in [9.17, 15) is 14.7 Å². The van der Waals surface area contributed by atoms with Crippen LogP contribution in [-0.4, -0.2) is 40.5 Å². The molecule has 0 aromatic rings. The zero-order valence-electron chi connectivity index (χ0n) is 9.82. The number of hydrogen-bond acceptors (Lipinski definition) is 4. The van der Waals surface area contributed by atoms with Gasteiger partial charge in [0, 0.05) is 6.54 Å². The Labute approximate surface area is 94.6 Å². The van der Waals surface area contributed by atoms with Crippen molar-refractivity contribution in [3.8, 4) is 0 Å². The molecule has 6 nitrogen and oxygen atoms in total. The van der Waals surface area contributed by atoms with E-state index < -0.39 is 23.8 Å². The van der Waals surface area contributed by atoms with Gasteiger partial charge in [0.2, 0.25) is 0 Å². The summed E-state index contributed by atoms with van der Waals surface area (Å²) in [4.78, 5) is 21.4. The molecule has 94 valence electrons. The van der Waals surface area contributed by atoms with Crippen LogP contribution in [0.15, 0.2) is 0 Å². The number of nitrogens with one attached hydrogen (secondary N) is 1. The number of aliphatic carboxylic acids is 1. The van der Waals surface area contributed by atoms with Crippen LogP contribution in [0.5, 0.6) is 0 Å². The smallest absolute Gasteiger partial charge is 0.407 e. The summed E-state index contributed by atoms with van der Waals surface area (Å²) < 4.78 is 4.95. The van der Waals surface area contributed by atoms with Crippen LogP contribution in [0.2, 0.25) is 0 Å². The number of ether oxygens (including phenoxy) is 1. The summed E-state index contributed by atoms with van der Waals surface area (Å²) >= 11 is 0. The maximum Gasteiger partial charge on any atom is 0.407 e. The Morgan fingerprint density at radius 3 is 2.38 bits per heavy atom. The summed E-state index contributed by atoms with van der Waals surface area (Å²) in [5.74, 6) is -1.07. The molecule has 0 spiro atoms. The molecule has 1 amide bonds. The standard InChI is InChI=1S/C10H19NO5/c1-10(2,3)16-9(15)11-5-4-7(12)6-8(13)14/h7,12H,4-6H2,1-3H3,(H,11,15)(H,13,14)/t7-/m1/s1. The Hall–Kier alpha value is -1.30. The fourth-order valence-electron chi connectivity index (χ4n) is 0.959. The molecule has 0 rings (SSSR count). The van der Waals surface area contributed by atoms with E-state index in [1.54, 1.807) is 20.8 Å².